The second-order valence-corrected chi connectivity index (χ2v) is 5.77. The Morgan fingerprint density at radius 1 is 1.28 bits per heavy atom. The van der Waals surface area contributed by atoms with Crippen molar-refractivity contribution < 1.29 is 5.11 Å². The van der Waals surface area contributed by atoms with E-state index in [9.17, 15) is 5.11 Å². The lowest BCUT2D eigenvalue weighted by Gasteiger charge is -2.27. The molecule has 0 spiro atoms. The standard InChI is InChI=1S/C15H26N2O/c1-12-6-7-14(13(2)8-12)9-16-10-15(3,18)11-17(4)5/h6-8,16,18H,9-11H2,1-5H3. The van der Waals surface area contributed by atoms with Crippen LogP contribution in [0.25, 0.3) is 0 Å². The van der Waals surface area contributed by atoms with E-state index >= 15 is 0 Å². The largest absolute Gasteiger partial charge is 0.388 e. The summed E-state index contributed by atoms with van der Waals surface area (Å²) in [6.07, 6.45) is 0. The average Bonchev–Trinajstić information content (AvgIpc) is 2.19. The number of hydrogen-bond acceptors (Lipinski definition) is 3. The highest BCUT2D eigenvalue weighted by molar-refractivity contribution is 5.30. The number of nitrogens with one attached hydrogen (secondary N) is 1. The van der Waals surface area contributed by atoms with Crippen molar-refractivity contribution in [3.63, 3.8) is 0 Å². The maximum absolute atomic E-state index is 10.2. The van der Waals surface area contributed by atoms with Crippen molar-refractivity contribution in [2.24, 2.45) is 0 Å². The molecule has 2 N–H and O–H groups in total. The van der Waals surface area contributed by atoms with Gasteiger partial charge < -0.3 is 15.3 Å². The first kappa shape index (κ1) is 15.2. The van der Waals surface area contributed by atoms with Crippen LogP contribution in [0.3, 0.4) is 0 Å². The molecular weight excluding hydrogens is 224 g/mol. The molecule has 0 heterocycles. The Balaban J connectivity index is 2.46. The first-order chi connectivity index (χ1) is 8.30. The minimum atomic E-state index is -0.692. The van der Waals surface area contributed by atoms with Gasteiger partial charge in [-0.3, -0.25) is 0 Å². The first-order valence-electron chi connectivity index (χ1n) is 6.44. The number of hydrogen-bond donors (Lipinski definition) is 2. The van der Waals surface area contributed by atoms with Crippen LogP contribution in [-0.4, -0.2) is 42.8 Å². The molecule has 0 aromatic heterocycles. The maximum Gasteiger partial charge on any atom is 0.0869 e. The van der Waals surface area contributed by atoms with Crippen LogP contribution < -0.4 is 5.32 Å². The third kappa shape index (κ3) is 5.17. The van der Waals surface area contributed by atoms with Crippen molar-refractivity contribution in [3.8, 4) is 0 Å². The van der Waals surface area contributed by atoms with E-state index in [-0.39, 0.29) is 0 Å². The van der Waals surface area contributed by atoms with Gasteiger partial charge in [0.2, 0.25) is 0 Å². The van der Waals surface area contributed by atoms with E-state index in [0.29, 0.717) is 13.1 Å². The molecule has 0 aliphatic rings. The quantitative estimate of drug-likeness (QED) is 0.807. The average molecular weight is 250 g/mol. The summed E-state index contributed by atoms with van der Waals surface area (Å²) in [5.41, 5.74) is 3.19. The van der Waals surface area contributed by atoms with Crippen LogP contribution in [0.4, 0.5) is 0 Å². The highest BCUT2D eigenvalue weighted by Crippen LogP contribution is 2.10. The molecule has 0 fully saturated rings. The summed E-state index contributed by atoms with van der Waals surface area (Å²) < 4.78 is 0. The van der Waals surface area contributed by atoms with Crippen LogP contribution in [0, 0.1) is 13.8 Å². The van der Waals surface area contributed by atoms with Crippen molar-refractivity contribution in [2.45, 2.75) is 32.9 Å². The fourth-order valence-electron chi connectivity index (χ4n) is 2.25. The van der Waals surface area contributed by atoms with Gasteiger partial charge in [0, 0.05) is 19.6 Å². The number of benzene rings is 1. The predicted molar refractivity (Wildman–Crippen MR) is 76.8 cm³/mol. The van der Waals surface area contributed by atoms with Gasteiger partial charge in [-0.2, -0.15) is 0 Å². The fraction of sp³-hybridized carbons (Fsp3) is 0.600. The SMILES string of the molecule is Cc1ccc(CNCC(C)(O)CN(C)C)c(C)c1. The number of aryl methyl sites for hydroxylation is 2. The van der Waals surface area contributed by atoms with Gasteiger partial charge in [-0.05, 0) is 46.0 Å². The molecule has 0 saturated carbocycles. The van der Waals surface area contributed by atoms with Gasteiger partial charge in [-0.25, -0.2) is 0 Å². The third-order valence-corrected chi connectivity index (χ3v) is 2.98. The lowest BCUT2D eigenvalue weighted by molar-refractivity contribution is 0.0336. The second-order valence-electron chi connectivity index (χ2n) is 5.77. The molecule has 1 atom stereocenters. The van der Waals surface area contributed by atoms with Crippen LogP contribution in [0.5, 0.6) is 0 Å². The van der Waals surface area contributed by atoms with E-state index in [0.717, 1.165) is 6.54 Å². The summed E-state index contributed by atoms with van der Waals surface area (Å²) in [5.74, 6) is 0. The molecule has 3 nitrogen and oxygen atoms in total. The number of nitrogens with zero attached hydrogens (tertiary/aromatic N) is 1. The van der Waals surface area contributed by atoms with Gasteiger partial charge in [0.25, 0.3) is 0 Å². The molecule has 1 unspecified atom stereocenters. The summed E-state index contributed by atoms with van der Waals surface area (Å²) >= 11 is 0. The van der Waals surface area contributed by atoms with Gasteiger partial charge in [0.1, 0.15) is 0 Å². The minimum absolute atomic E-state index is 0.596. The summed E-state index contributed by atoms with van der Waals surface area (Å²) in [5, 5.41) is 13.5. The van der Waals surface area contributed by atoms with E-state index in [1.807, 2.05) is 25.9 Å². The predicted octanol–water partition coefficient (Wildman–Crippen LogP) is 1.71. The number of aliphatic hydroxyl groups is 1. The highest BCUT2D eigenvalue weighted by atomic mass is 16.3. The zero-order chi connectivity index (χ0) is 13.8. The molecule has 1 aromatic rings. The summed E-state index contributed by atoms with van der Waals surface area (Å²) in [6, 6.07) is 6.47. The molecule has 0 bridgehead atoms. The van der Waals surface area contributed by atoms with E-state index in [1.54, 1.807) is 0 Å². The van der Waals surface area contributed by atoms with Crippen molar-refractivity contribution in [1.29, 1.82) is 0 Å². The molecule has 1 aromatic carbocycles. The van der Waals surface area contributed by atoms with Crippen LogP contribution in [-0.2, 0) is 6.54 Å². The van der Waals surface area contributed by atoms with Crippen molar-refractivity contribution in [2.75, 3.05) is 27.2 Å². The Labute approximate surface area is 111 Å². The summed E-state index contributed by atoms with van der Waals surface area (Å²) in [7, 11) is 3.94. The van der Waals surface area contributed by atoms with Crippen LogP contribution in [0.2, 0.25) is 0 Å². The minimum Gasteiger partial charge on any atom is -0.388 e. The highest BCUT2D eigenvalue weighted by Gasteiger charge is 2.20. The smallest absolute Gasteiger partial charge is 0.0869 e. The molecule has 0 aliphatic heterocycles. The van der Waals surface area contributed by atoms with E-state index < -0.39 is 5.60 Å². The fourth-order valence-corrected chi connectivity index (χ4v) is 2.25. The number of rotatable bonds is 6. The molecule has 18 heavy (non-hydrogen) atoms. The van der Waals surface area contributed by atoms with Crippen molar-refractivity contribution in [3.05, 3.63) is 34.9 Å². The summed E-state index contributed by atoms with van der Waals surface area (Å²) in [4.78, 5) is 2.00. The van der Waals surface area contributed by atoms with Gasteiger partial charge in [-0.1, -0.05) is 23.8 Å². The Bertz CT molecular complexity index is 386. The molecule has 0 radical (unpaired) electrons. The lowest BCUT2D eigenvalue weighted by Crippen LogP contribution is -2.45. The second kappa shape index (κ2) is 6.32. The number of likely N-dealkylation sites (N-methyl/N-ethyl adjacent to an activating group) is 1. The first-order valence-corrected chi connectivity index (χ1v) is 6.44. The van der Waals surface area contributed by atoms with Crippen LogP contribution >= 0.6 is 0 Å². The molecule has 0 saturated heterocycles. The Hall–Kier alpha value is -0.900. The lowest BCUT2D eigenvalue weighted by atomic mass is 10.0. The molecule has 102 valence electrons. The summed E-state index contributed by atoms with van der Waals surface area (Å²) in [6.45, 7) is 8.15. The van der Waals surface area contributed by atoms with Crippen LogP contribution in [0.15, 0.2) is 18.2 Å². The zero-order valence-electron chi connectivity index (χ0n) is 12.2. The molecule has 3 heteroatoms. The topological polar surface area (TPSA) is 35.5 Å². The van der Waals surface area contributed by atoms with E-state index in [4.69, 9.17) is 0 Å². The molecule has 1 rings (SSSR count). The normalized spacial score (nSPS) is 14.8. The zero-order valence-corrected chi connectivity index (χ0v) is 12.2. The molecule has 0 amide bonds. The van der Waals surface area contributed by atoms with Gasteiger partial charge in [-0.15, -0.1) is 0 Å². The van der Waals surface area contributed by atoms with E-state index in [1.165, 1.54) is 16.7 Å². The van der Waals surface area contributed by atoms with Gasteiger partial charge in [0.05, 0.1) is 5.60 Å². The monoisotopic (exact) mass is 250 g/mol. The van der Waals surface area contributed by atoms with Crippen LogP contribution in [0.1, 0.15) is 23.6 Å². The Kier molecular flexibility index (Phi) is 5.32. The van der Waals surface area contributed by atoms with Gasteiger partial charge in [0.15, 0.2) is 0 Å². The maximum atomic E-state index is 10.2. The van der Waals surface area contributed by atoms with E-state index in [2.05, 4.69) is 37.4 Å². The molecular formula is C15H26N2O. The van der Waals surface area contributed by atoms with Gasteiger partial charge >= 0.3 is 0 Å². The van der Waals surface area contributed by atoms with Crippen molar-refractivity contribution >= 4 is 0 Å². The Morgan fingerprint density at radius 3 is 2.50 bits per heavy atom. The third-order valence-electron chi connectivity index (χ3n) is 2.98. The molecule has 0 aliphatic carbocycles. The van der Waals surface area contributed by atoms with Crippen molar-refractivity contribution in [1.82, 2.24) is 10.2 Å². The Morgan fingerprint density at radius 2 is 1.94 bits per heavy atom.